The van der Waals surface area contributed by atoms with Crippen molar-refractivity contribution in [3.63, 3.8) is 0 Å². The molecule has 0 aliphatic carbocycles. The summed E-state index contributed by atoms with van der Waals surface area (Å²) in [5.41, 5.74) is 4.06. The molecule has 1 unspecified atom stereocenters. The Morgan fingerprint density at radius 1 is 1.30 bits per heavy atom. The molecule has 1 aromatic carbocycles. The van der Waals surface area contributed by atoms with Gasteiger partial charge in [-0.05, 0) is 57.9 Å². The van der Waals surface area contributed by atoms with Crippen LogP contribution in [-0.4, -0.2) is 30.8 Å². The van der Waals surface area contributed by atoms with Crippen molar-refractivity contribution in [1.82, 2.24) is 0 Å². The van der Waals surface area contributed by atoms with Crippen molar-refractivity contribution in [1.29, 1.82) is 0 Å². The topological polar surface area (TPSA) is 73.6 Å². The molecule has 7 heteroatoms. The molecule has 3 N–H and O–H groups in total. The van der Waals surface area contributed by atoms with Crippen molar-refractivity contribution < 1.29 is 23.0 Å². The lowest BCUT2D eigenvalue weighted by molar-refractivity contribution is 0.0631. The standard InChI is InChI=1S/C16H24F2N2O3/c1-15(2,3)23-14(21)20-12-7-6-11(22-5)8-10(12)9-16(4,19)13(17)18/h6-8,13H,9,19H2,1-5H3,(H,20,21). The Morgan fingerprint density at radius 3 is 2.39 bits per heavy atom. The third kappa shape index (κ3) is 6.02. The van der Waals surface area contributed by atoms with Gasteiger partial charge in [0.2, 0.25) is 0 Å². The molecule has 0 bridgehead atoms. The number of alkyl halides is 2. The molecular weight excluding hydrogens is 306 g/mol. The Hall–Kier alpha value is -1.89. The second-order valence-corrected chi connectivity index (χ2v) is 6.63. The summed E-state index contributed by atoms with van der Waals surface area (Å²) in [6.07, 6.45) is -3.50. The van der Waals surface area contributed by atoms with Gasteiger partial charge in [0.1, 0.15) is 11.4 Å². The summed E-state index contributed by atoms with van der Waals surface area (Å²) < 4.78 is 36.3. The number of nitrogens with two attached hydrogens (primary N) is 1. The van der Waals surface area contributed by atoms with Gasteiger partial charge in [0.15, 0.2) is 0 Å². The van der Waals surface area contributed by atoms with Gasteiger partial charge in [0.05, 0.1) is 12.6 Å². The molecule has 1 rings (SSSR count). The minimum Gasteiger partial charge on any atom is -0.497 e. The average molecular weight is 330 g/mol. The van der Waals surface area contributed by atoms with Crippen molar-refractivity contribution in [2.24, 2.45) is 5.73 Å². The van der Waals surface area contributed by atoms with Gasteiger partial charge in [0, 0.05) is 5.69 Å². The summed E-state index contributed by atoms with van der Waals surface area (Å²) >= 11 is 0. The third-order valence-electron chi connectivity index (χ3n) is 3.02. The van der Waals surface area contributed by atoms with Crippen molar-refractivity contribution >= 4 is 11.8 Å². The van der Waals surface area contributed by atoms with E-state index >= 15 is 0 Å². The number of ether oxygens (including phenoxy) is 2. The number of rotatable bonds is 5. The van der Waals surface area contributed by atoms with E-state index in [9.17, 15) is 13.6 Å². The molecule has 0 spiro atoms. The summed E-state index contributed by atoms with van der Waals surface area (Å²) in [5.74, 6) is 0.486. The minimum atomic E-state index is -2.71. The van der Waals surface area contributed by atoms with Crippen LogP contribution in [0.25, 0.3) is 0 Å². The highest BCUT2D eigenvalue weighted by molar-refractivity contribution is 5.86. The molecule has 0 aliphatic rings. The van der Waals surface area contributed by atoms with Gasteiger partial charge in [-0.1, -0.05) is 0 Å². The third-order valence-corrected chi connectivity index (χ3v) is 3.02. The van der Waals surface area contributed by atoms with Crippen LogP contribution in [0.1, 0.15) is 33.3 Å². The highest BCUT2D eigenvalue weighted by Crippen LogP contribution is 2.28. The minimum absolute atomic E-state index is 0.132. The first kappa shape index (κ1) is 19.2. The van der Waals surface area contributed by atoms with E-state index in [1.165, 1.54) is 14.0 Å². The van der Waals surface area contributed by atoms with Gasteiger partial charge in [-0.3, -0.25) is 5.32 Å². The van der Waals surface area contributed by atoms with E-state index in [-0.39, 0.29) is 6.42 Å². The Kier molecular flexibility index (Phi) is 5.93. The van der Waals surface area contributed by atoms with Crippen LogP contribution in [-0.2, 0) is 11.2 Å². The lowest BCUT2D eigenvalue weighted by Gasteiger charge is -2.26. The summed E-state index contributed by atoms with van der Waals surface area (Å²) in [6, 6.07) is 4.76. The fourth-order valence-electron chi connectivity index (χ4n) is 1.87. The number of hydrogen-bond donors (Lipinski definition) is 2. The number of halogens is 2. The van der Waals surface area contributed by atoms with Crippen LogP contribution in [0.5, 0.6) is 5.75 Å². The molecule has 0 aromatic heterocycles. The number of carbonyl (C=O) groups is 1. The molecule has 0 saturated carbocycles. The van der Waals surface area contributed by atoms with Gasteiger partial charge >= 0.3 is 6.09 Å². The first-order valence-electron chi connectivity index (χ1n) is 7.18. The highest BCUT2D eigenvalue weighted by atomic mass is 19.3. The maximum Gasteiger partial charge on any atom is 0.412 e. The predicted octanol–water partition coefficient (Wildman–Crippen LogP) is 3.57. The largest absolute Gasteiger partial charge is 0.497 e. The van der Waals surface area contributed by atoms with Gasteiger partial charge < -0.3 is 15.2 Å². The smallest absolute Gasteiger partial charge is 0.412 e. The van der Waals surface area contributed by atoms with Gasteiger partial charge in [-0.2, -0.15) is 0 Å². The maximum atomic E-state index is 13.0. The summed E-state index contributed by atoms with van der Waals surface area (Å²) in [7, 11) is 1.47. The van der Waals surface area contributed by atoms with E-state index in [0.29, 0.717) is 17.0 Å². The van der Waals surface area contributed by atoms with E-state index in [4.69, 9.17) is 15.2 Å². The number of anilines is 1. The molecule has 0 aliphatic heterocycles. The van der Waals surface area contributed by atoms with Gasteiger partial charge in [-0.25, -0.2) is 13.6 Å². The van der Waals surface area contributed by atoms with E-state index < -0.39 is 23.7 Å². The molecule has 130 valence electrons. The average Bonchev–Trinajstić information content (AvgIpc) is 2.38. The van der Waals surface area contributed by atoms with Crippen LogP contribution in [0.15, 0.2) is 18.2 Å². The molecule has 0 heterocycles. The zero-order valence-corrected chi connectivity index (χ0v) is 14.1. The van der Waals surface area contributed by atoms with Crippen molar-refractivity contribution in [2.75, 3.05) is 12.4 Å². The van der Waals surface area contributed by atoms with Gasteiger partial charge in [0.25, 0.3) is 6.43 Å². The van der Waals surface area contributed by atoms with Crippen molar-refractivity contribution in [3.05, 3.63) is 23.8 Å². The Bertz CT molecular complexity index is 555. The van der Waals surface area contributed by atoms with Crippen molar-refractivity contribution in [3.8, 4) is 5.75 Å². The number of hydrogen-bond acceptors (Lipinski definition) is 4. The first-order chi connectivity index (χ1) is 10.4. The number of benzene rings is 1. The zero-order chi connectivity index (χ0) is 17.8. The molecule has 0 radical (unpaired) electrons. The molecule has 0 saturated heterocycles. The fourth-order valence-corrected chi connectivity index (χ4v) is 1.87. The van der Waals surface area contributed by atoms with Crippen LogP contribution < -0.4 is 15.8 Å². The fraction of sp³-hybridized carbons (Fsp3) is 0.562. The lowest BCUT2D eigenvalue weighted by Crippen LogP contribution is -2.46. The van der Waals surface area contributed by atoms with Crippen LogP contribution in [0.4, 0.5) is 19.3 Å². The van der Waals surface area contributed by atoms with Crippen LogP contribution >= 0.6 is 0 Å². The van der Waals surface area contributed by atoms with Crippen LogP contribution in [0, 0.1) is 0 Å². The molecule has 5 nitrogen and oxygen atoms in total. The number of nitrogens with one attached hydrogen (secondary N) is 1. The Balaban J connectivity index is 3.05. The molecule has 1 aromatic rings. The second kappa shape index (κ2) is 7.12. The highest BCUT2D eigenvalue weighted by Gasteiger charge is 2.31. The Morgan fingerprint density at radius 2 is 1.91 bits per heavy atom. The quantitative estimate of drug-likeness (QED) is 0.865. The van der Waals surface area contributed by atoms with Crippen molar-refractivity contribution in [2.45, 2.75) is 51.7 Å². The first-order valence-corrected chi connectivity index (χ1v) is 7.18. The summed E-state index contributed by atoms with van der Waals surface area (Å²) in [6.45, 7) is 6.45. The van der Waals surface area contributed by atoms with Crippen LogP contribution in [0.2, 0.25) is 0 Å². The summed E-state index contributed by atoms with van der Waals surface area (Å²) in [5, 5.41) is 2.56. The number of amides is 1. The SMILES string of the molecule is COc1ccc(NC(=O)OC(C)(C)C)c(CC(C)(N)C(F)F)c1. The zero-order valence-electron chi connectivity index (χ0n) is 14.1. The molecule has 1 atom stereocenters. The number of carbonyl (C=O) groups excluding carboxylic acids is 1. The molecular formula is C16H24F2N2O3. The van der Waals surface area contributed by atoms with Gasteiger partial charge in [-0.15, -0.1) is 0 Å². The Labute approximate surface area is 135 Å². The maximum absolute atomic E-state index is 13.0. The van der Waals surface area contributed by atoms with Crippen LogP contribution in [0.3, 0.4) is 0 Å². The molecule has 1 amide bonds. The monoisotopic (exact) mass is 330 g/mol. The number of methoxy groups -OCH3 is 1. The van der Waals surface area contributed by atoms with E-state index in [0.717, 1.165) is 0 Å². The normalized spacial score (nSPS) is 14.3. The van der Waals surface area contributed by atoms with E-state index in [1.807, 2.05) is 0 Å². The van der Waals surface area contributed by atoms with E-state index in [2.05, 4.69) is 5.32 Å². The predicted molar refractivity (Wildman–Crippen MR) is 85.2 cm³/mol. The molecule has 23 heavy (non-hydrogen) atoms. The van der Waals surface area contributed by atoms with E-state index in [1.54, 1.807) is 39.0 Å². The second-order valence-electron chi connectivity index (χ2n) is 6.63. The molecule has 0 fully saturated rings. The lowest BCUT2D eigenvalue weighted by atomic mass is 9.93. The summed E-state index contributed by atoms with van der Waals surface area (Å²) in [4.78, 5) is 11.9.